The van der Waals surface area contributed by atoms with E-state index in [0.29, 0.717) is 16.8 Å². The summed E-state index contributed by atoms with van der Waals surface area (Å²) in [4.78, 5) is 25.2. The molecule has 116 valence electrons. The van der Waals surface area contributed by atoms with Crippen LogP contribution in [-0.2, 0) is 0 Å². The van der Waals surface area contributed by atoms with Gasteiger partial charge in [-0.3, -0.25) is 14.8 Å². The van der Waals surface area contributed by atoms with Crippen LogP contribution in [0.2, 0.25) is 0 Å². The zero-order valence-electron chi connectivity index (χ0n) is 12.9. The maximum absolute atomic E-state index is 12.8. The predicted octanol–water partition coefficient (Wildman–Crippen LogP) is 2.73. The summed E-state index contributed by atoms with van der Waals surface area (Å²) in [5.41, 5.74) is 4.25. The lowest BCUT2D eigenvalue weighted by molar-refractivity contribution is 0.103. The Morgan fingerprint density at radius 1 is 1.00 bits per heavy atom. The lowest BCUT2D eigenvalue weighted by atomic mass is 10.1. The lowest BCUT2D eigenvalue weighted by Gasteiger charge is -2.04. The minimum atomic E-state index is -0.138. The molecule has 4 rings (SSSR count). The van der Waals surface area contributed by atoms with E-state index in [1.54, 1.807) is 41.7 Å². The molecule has 0 amide bonds. The van der Waals surface area contributed by atoms with E-state index in [2.05, 4.69) is 20.1 Å². The molecular weight excluding hydrogens is 302 g/mol. The molecule has 0 aliphatic carbocycles. The molecule has 0 fully saturated rings. The fourth-order valence-electron chi connectivity index (χ4n) is 2.63. The number of hydrogen-bond acceptors (Lipinski definition) is 5. The van der Waals surface area contributed by atoms with Crippen molar-refractivity contribution in [2.45, 2.75) is 6.92 Å². The fraction of sp³-hybridized carbons (Fsp3) is 0.0556. The number of carbonyl (C=O) groups is 1. The molecule has 4 heterocycles. The van der Waals surface area contributed by atoms with Crippen LogP contribution >= 0.6 is 0 Å². The van der Waals surface area contributed by atoms with Crippen molar-refractivity contribution in [2.75, 3.05) is 0 Å². The van der Waals surface area contributed by atoms with Crippen molar-refractivity contribution < 1.29 is 4.79 Å². The van der Waals surface area contributed by atoms with Crippen molar-refractivity contribution in [3.63, 3.8) is 0 Å². The van der Waals surface area contributed by atoms with Crippen LogP contribution in [0.5, 0.6) is 0 Å². The number of fused-ring (bicyclic) bond motifs is 1. The van der Waals surface area contributed by atoms with Crippen molar-refractivity contribution in [3.8, 4) is 11.3 Å². The van der Waals surface area contributed by atoms with E-state index in [-0.39, 0.29) is 5.78 Å². The van der Waals surface area contributed by atoms with Crippen molar-refractivity contribution >= 4 is 11.4 Å². The van der Waals surface area contributed by atoms with E-state index >= 15 is 0 Å². The largest absolute Gasteiger partial charge is 0.288 e. The van der Waals surface area contributed by atoms with Gasteiger partial charge in [0.05, 0.1) is 17.5 Å². The number of rotatable bonds is 3. The molecule has 0 spiro atoms. The van der Waals surface area contributed by atoms with Gasteiger partial charge in [0.1, 0.15) is 0 Å². The molecule has 0 aliphatic heterocycles. The van der Waals surface area contributed by atoms with E-state index < -0.39 is 0 Å². The van der Waals surface area contributed by atoms with Gasteiger partial charge in [0, 0.05) is 42.1 Å². The van der Waals surface area contributed by atoms with E-state index in [1.807, 2.05) is 31.2 Å². The topological polar surface area (TPSA) is 73.0 Å². The van der Waals surface area contributed by atoms with Gasteiger partial charge in [-0.2, -0.15) is 5.10 Å². The first kappa shape index (κ1) is 14.2. The van der Waals surface area contributed by atoms with E-state index in [9.17, 15) is 4.79 Å². The second-order valence-electron chi connectivity index (χ2n) is 5.44. The van der Waals surface area contributed by atoms with Crippen molar-refractivity contribution in [2.24, 2.45) is 0 Å². The van der Waals surface area contributed by atoms with Gasteiger partial charge in [-0.15, -0.1) is 0 Å². The molecule has 0 aliphatic rings. The summed E-state index contributed by atoms with van der Waals surface area (Å²) < 4.78 is 1.67. The number of hydrogen-bond donors (Lipinski definition) is 0. The Kier molecular flexibility index (Phi) is 3.35. The van der Waals surface area contributed by atoms with Crippen LogP contribution in [-0.4, -0.2) is 30.3 Å². The Balaban J connectivity index is 1.86. The Hall–Kier alpha value is -3.41. The first-order valence-electron chi connectivity index (χ1n) is 7.43. The number of carbonyl (C=O) groups excluding carboxylic acids is 1. The van der Waals surface area contributed by atoms with E-state index in [0.717, 1.165) is 16.8 Å². The zero-order valence-corrected chi connectivity index (χ0v) is 12.9. The smallest absolute Gasteiger partial charge is 0.200 e. The molecule has 0 bridgehead atoms. The highest BCUT2D eigenvalue weighted by atomic mass is 16.1. The SMILES string of the molecule is Cc1cncc(C(=O)c2cnn3c(-c4ccncc4)ccnc23)c1. The van der Waals surface area contributed by atoms with Gasteiger partial charge in [0.25, 0.3) is 0 Å². The van der Waals surface area contributed by atoms with E-state index in [1.165, 1.54) is 0 Å². The van der Waals surface area contributed by atoms with Gasteiger partial charge in [-0.1, -0.05) is 0 Å². The number of aromatic nitrogens is 5. The van der Waals surface area contributed by atoms with Crippen LogP contribution in [0, 0.1) is 6.92 Å². The average Bonchev–Trinajstić information content (AvgIpc) is 3.06. The number of nitrogens with zero attached hydrogens (tertiary/aromatic N) is 5. The Morgan fingerprint density at radius 2 is 1.83 bits per heavy atom. The van der Waals surface area contributed by atoms with Gasteiger partial charge in [0.2, 0.25) is 0 Å². The average molecular weight is 315 g/mol. The second-order valence-corrected chi connectivity index (χ2v) is 5.44. The molecule has 0 atom stereocenters. The minimum Gasteiger partial charge on any atom is -0.288 e. The molecule has 4 aromatic rings. The highest BCUT2D eigenvalue weighted by Crippen LogP contribution is 2.21. The molecule has 24 heavy (non-hydrogen) atoms. The van der Waals surface area contributed by atoms with E-state index in [4.69, 9.17) is 0 Å². The molecule has 0 radical (unpaired) electrons. The lowest BCUT2D eigenvalue weighted by Crippen LogP contribution is -2.03. The summed E-state index contributed by atoms with van der Waals surface area (Å²) in [6.07, 6.45) is 9.94. The van der Waals surface area contributed by atoms with Crippen LogP contribution < -0.4 is 0 Å². The summed E-state index contributed by atoms with van der Waals surface area (Å²) in [5, 5.41) is 4.36. The third-order valence-corrected chi connectivity index (χ3v) is 3.76. The van der Waals surface area contributed by atoms with Gasteiger partial charge >= 0.3 is 0 Å². The zero-order chi connectivity index (χ0) is 16.5. The van der Waals surface area contributed by atoms with Crippen LogP contribution in [0.15, 0.2) is 61.4 Å². The van der Waals surface area contributed by atoms with Crippen molar-refractivity contribution in [3.05, 3.63) is 78.1 Å². The first-order chi connectivity index (χ1) is 11.7. The maximum atomic E-state index is 12.8. The monoisotopic (exact) mass is 315 g/mol. The maximum Gasteiger partial charge on any atom is 0.200 e. The van der Waals surface area contributed by atoms with Gasteiger partial charge in [-0.25, -0.2) is 9.50 Å². The molecule has 0 saturated carbocycles. The predicted molar refractivity (Wildman–Crippen MR) is 88.6 cm³/mol. The summed E-state index contributed by atoms with van der Waals surface area (Å²) >= 11 is 0. The Bertz CT molecular complexity index is 1040. The molecule has 0 saturated heterocycles. The van der Waals surface area contributed by atoms with Crippen LogP contribution in [0.25, 0.3) is 16.9 Å². The summed E-state index contributed by atoms with van der Waals surface area (Å²) in [6.45, 7) is 1.90. The number of pyridine rings is 2. The number of aryl methyl sites for hydroxylation is 1. The molecule has 6 nitrogen and oxygen atoms in total. The summed E-state index contributed by atoms with van der Waals surface area (Å²) in [6, 6.07) is 7.45. The summed E-state index contributed by atoms with van der Waals surface area (Å²) in [7, 11) is 0. The molecule has 6 heteroatoms. The van der Waals surface area contributed by atoms with Gasteiger partial charge < -0.3 is 0 Å². The van der Waals surface area contributed by atoms with Crippen LogP contribution in [0.4, 0.5) is 0 Å². The normalized spacial score (nSPS) is 10.9. The highest BCUT2D eigenvalue weighted by molar-refractivity contribution is 6.12. The molecule has 0 N–H and O–H groups in total. The minimum absolute atomic E-state index is 0.138. The first-order valence-corrected chi connectivity index (χ1v) is 7.43. The third kappa shape index (κ3) is 2.34. The third-order valence-electron chi connectivity index (χ3n) is 3.76. The molecular formula is C18H13N5O. The van der Waals surface area contributed by atoms with Crippen molar-refractivity contribution in [1.82, 2.24) is 24.6 Å². The molecule has 4 aromatic heterocycles. The standard InChI is InChI=1S/C18H13N5O/c1-12-8-14(10-20-9-12)17(24)15-11-22-23-16(4-7-21-18(15)23)13-2-5-19-6-3-13/h2-11H,1H3. The van der Waals surface area contributed by atoms with Gasteiger partial charge in [-0.05, 0) is 36.8 Å². The van der Waals surface area contributed by atoms with Crippen LogP contribution in [0.3, 0.4) is 0 Å². The fourth-order valence-corrected chi connectivity index (χ4v) is 2.63. The van der Waals surface area contributed by atoms with Gasteiger partial charge in [0.15, 0.2) is 11.4 Å². The second kappa shape index (κ2) is 5.66. The van der Waals surface area contributed by atoms with Crippen LogP contribution in [0.1, 0.15) is 21.5 Å². The number of ketones is 1. The molecule has 0 unspecified atom stereocenters. The summed E-state index contributed by atoms with van der Waals surface area (Å²) in [5.74, 6) is -0.138. The Labute approximate surface area is 137 Å². The highest BCUT2D eigenvalue weighted by Gasteiger charge is 2.18. The van der Waals surface area contributed by atoms with Crippen molar-refractivity contribution in [1.29, 1.82) is 0 Å². The quantitative estimate of drug-likeness (QED) is 0.544. The molecule has 0 aromatic carbocycles. The Morgan fingerprint density at radius 3 is 2.62 bits per heavy atom.